The molecule has 1 fully saturated rings. The Morgan fingerprint density at radius 3 is 2.77 bits per heavy atom. The van der Waals surface area contributed by atoms with Gasteiger partial charge in [-0.25, -0.2) is 9.97 Å². The summed E-state index contributed by atoms with van der Waals surface area (Å²) in [6.07, 6.45) is 5.47. The zero-order valence-corrected chi connectivity index (χ0v) is 19.5. The Hall–Kier alpha value is -4.49. The van der Waals surface area contributed by atoms with Gasteiger partial charge in [0.25, 0.3) is 0 Å². The molecule has 4 aromatic rings. The third-order valence-electron chi connectivity index (χ3n) is 5.71. The molecule has 3 N–H and O–H groups in total. The predicted molar refractivity (Wildman–Crippen MR) is 133 cm³/mol. The van der Waals surface area contributed by atoms with Crippen molar-refractivity contribution in [2.45, 2.75) is 6.04 Å². The summed E-state index contributed by atoms with van der Waals surface area (Å²) in [5, 5.41) is 23.0. The van der Waals surface area contributed by atoms with Gasteiger partial charge in [0.2, 0.25) is 5.82 Å². The van der Waals surface area contributed by atoms with Gasteiger partial charge in [-0.05, 0) is 44.3 Å². The molecule has 0 bridgehead atoms. The highest BCUT2D eigenvalue weighted by Gasteiger charge is 2.30. The summed E-state index contributed by atoms with van der Waals surface area (Å²) >= 11 is 0. The Kier molecular flexibility index (Phi) is 5.99. The van der Waals surface area contributed by atoms with E-state index in [4.69, 9.17) is 5.73 Å². The number of hydrogen-bond donors (Lipinski definition) is 2. The minimum atomic E-state index is 0.138. The van der Waals surface area contributed by atoms with E-state index in [2.05, 4.69) is 42.0 Å². The van der Waals surface area contributed by atoms with Crippen molar-refractivity contribution in [2.24, 2.45) is 0 Å². The summed E-state index contributed by atoms with van der Waals surface area (Å²) in [4.78, 5) is 13.0. The summed E-state index contributed by atoms with van der Waals surface area (Å²) in [7, 11) is 3.94. The Balaban J connectivity index is 1.29. The molecule has 0 atom stereocenters. The van der Waals surface area contributed by atoms with E-state index in [0.29, 0.717) is 29.4 Å². The van der Waals surface area contributed by atoms with E-state index in [1.54, 1.807) is 30.6 Å². The summed E-state index contributed by atoms with van der Waals surface area (Å²) in [5.74, 6) is 7.90. The summed E-state index contributed by atoms with van der Waals surface area (Å²) in [5.41, 5.74) is 8.82. The third-order valence-corrected chi connectivity index (χ3v) is 5.71. The number of aromatic nitrogens is 6. The van der Waals surface area contributed by atoms with Gasteiger partial charge in [-0.1, -0.05) is 18.1 Å². The molecular weight excluding hydrogens is 442 g/mol. The van der Waals surface area contributed by atoms with Crippen molar-refractivity contribution in [1.82, 2.24) is 34.8 Å². The molecule has 3 aromatic heterocycles. The van der Waals surface area contributed by atoms with E-state index < -0.39 is 0 Å². The zero-order chi connectivity index (χ0) is 24.4. The fourth-order valence-corrected chi connectivity index (χ4v) is 3.80. The highest BCUT2D eigenvalue weighted by molar-refractivity contribution is 5.78. The number of para-hydroxylation sites is 1. The standard InChI is InChI=1S/C25H25N9O/c1-32(2)11-5-8-23-27-10-9-24(29-23)33-15-18(16-33)34-14-17(13-28-34)20-12-21(30-31-25(20)26)19-6-3-4-7-22(19)35/h3-4,6-7,9-10,12-14,18,35H,11,15-16H2,1-2H3,(H2,26,31). The molecule has 1 aliphatic rings. The van der Waals surface area contributed by atoms with Crippen molar-refractivity contribution in [2.75, 3.05) is 44.4 Å². The largest absolute Gasteiger partial charge is 0.507 e. The smallest absolute Gasteiger partial charge is 0.206 e. The van der Waals surface area contributed by atoms with Gasteiger partial charge in [0.15, 0.2) is 5.82 Å². The molecule has 4 heterocycles. The summed E-state index contributed by atoms with van der Waals surface area (Å²) in [6.45, 7) is 2.21. The van der Waals surface area contributed by atoms with Crippen molar-refractivity contribution < 1.29 is 5.11 Å². The Labute approximate surface area is 203 Å². The molecule has 0 aliphatic carbocycles. The first-order valence-corrected chi connectivity index (χ1v) is 11.2. The van der Waals surface area contributed by atoms with Crippen LogP contribution < -0.4 is 10.6 Å². The molecule has 0 saturated carbocycles. The lowest BCUT2D eigenvalue weighted by atomic mass is 10.1. The molecule has 0 amide bonds. The Bertz CT molecular complexity index is 1410. The van der Waals surface area contributed by atoms with Crippen LogP contribution >= 0.6 is 0 Å². The molecule has 35 heavy (non-hydrogen) atoms. The molecule has 10 nitrogen and oxygen atoms in total. The Morgan fingerprint density at radius 1 is 1.14 bits per heavy atom. The van der Waals surface area contributed by atoms with Crippen LogP contribution in [0.5, 0.6) is 5.75 Å². The van der Waals surface area contributed by atoms with E-state index in [9.17, 15) is 5.11 Å². The second kappa shape index (κ2) is 9.40. The average molecular weight is 468 g/mol. The topological polar surface area (TPSA) is 122 Å². The number of phenolic OH excluding ortho intramolecular Hbond substituents is 1. The van der Waals surface area contributed by atoms with E-state index in [1.165, 1.54) is 0 Å². The van der Waals surface area contributed by atoms with Gasteiger partial charge in [0.05, 0.1) is 24.5 Å². The van der Waals surface area contributed by atoms with Crippen LogP contribution in [0.3, 0.4) is 0 Å². The third kappa shape index (κ3) is 4.76. The molecule has 0 radical (unpaired) electrons. The second-order valence-corrected chi connectivity index (χ2v) is 8.59. The van der Waals surface area contributed by atoms with Crippen LogP contribution in [0, 0.1) is 11.8 Å². The van der Waals surface area contributed by atoms with Crippen molar-refractivity contribution in [3.8, 4) is 40.0 Å². The maximum atomic E-state index is 10.2. The molecule has 0 spiro atoms. The average Bonchev–Trinajstić information content (AvgIpc) is 3.28. The van der Waals surface area contributed by atoms with Gasteiger partial charge in [-0.2, -0.15) is 5.10 Å². The minimum Gasteiger partial charge on any atom is -0.507 e. The van der Waals surface area contributed by atoms with Crippen LogP contribution in [0.15, 0.2) is 55.0 Å². The van der Waals surface area contributed by atoms with Crippen molar-refractivity contribution in [1.29, 1.82) is 0 Å². The first-order valence-electron chi connectivity index (χ1n) is 11.2. The lowest BCUT2D eigenvalue weighted by Crippen LogP contribution is -2.48. The molecule has 176 valence electrons. The molecule has 0 unspecified atom stereocenters. The van der Waals surface area contributed by atoms with Crippen LogP contribution in [0.25, 0.3) is 22.4 Å². The van der Waals surface area contributed by atoms with E-state index >= 15 is 0 Å². The van der Waals surface area contributed by atoms with Crippen molar-refractivity contribution in [3.05, 3.63) is 60.8 Å². The highest BCUT2D eigenvalue weighted by atomic mass is 16.3. The zero-order valence-electron chi connectivity index (χ0n) is 19.5. The van der Waals surface area contributed by atoms with E-state index in [0.717, 1.165) is 30.0 Å². The number of hydrogen-bond acceptors (Lipinski definition) is 9. The summed E-state index contributed by atoms with van der Waals surface area (Å²) < 4.78 is 1.93. The lowest BCUT2D eigenvalue weighted by Gasteiger charge is -2.40. The Morgan fingerprint density at radius 2 is 1.97 bits per heavy atom. The highest BCUT2D eigenvalue weighted by Crippen LogP contribution is 2.33. The predicted octanol–water partition coefficient (Wildman–Crippen LogP) is 2.06. The van der Waals surface area contributed by atoms with Crippen LogP contribution in [-0.4, -0.2) is 73.7 Å². The molecular formula is C25H25N9O. The first kappa shape index (κ1) is 22.3. The van der Waals surface area contributed by atoms with Crippen LogP contribution in [0.2, 0.25) is 0 Å². The van der Waals surface area contributed by atoms with E-state index in [-0.39, 0.29) is 11.8 Å². The number of rotatable bonds is 5. The number of nitrogen functional groups attached to an aromatic ring is 1. The molecule has 1 saturated heterocycles. The second-order valence-electron chi connectivity index (χ2n) is 8.59. The van der Waals surface area contributed by atoms with Gasteiger partial charge >= 0.3 is 0 Å². The van der Waals surface area contributed by atoms with Crippen molar-refractivity contribution in [3.63, 3.8) is 0 Å². The molecule has 10 heteroatoms. The van der Waals surface area contributed by atoms with Gasteiger partial charge in [-0.15, -0.1) is 10.2 Å². The number of phenols is 1. The normalized spacial score (nSPS) is 13.4. The summed E-state index contributed by atoms with van der Waals surface area (Å²) in [6, 6.07) is 10.9. The number of anilines is 2. The molecule has 1 aliphatic heterocycles. The monoisotopic (exact) mass is 467 g/mol. The molecule has 5 rings (SSSR count). The van der Waals surface area contributed by atoms with Crippen LogP contribution in [0.4, 0.5) is 11.6 Å². The lowest BCUT2D eigenvalue weighted by molar-refractivity contribution is 0.366. The SMILES string of the molecule is CN(C)CC#Cc1nccc(N2CC(n3cc(-c4cc(-c5ccccc5O)nnc4N)cn3)C2)n1. The van der Waals surface area contributed by atoms with Crippen molar-refractivity contribution >= 4 is 11.6 Å². The fraction of sp³-hybridized carbons (Fsp3) is 0.240. The van der Waals surface area contributed by atoms with Gasteiger partial charge in [0.1, 0.15) is 11.6 Å². The fourth-order valence-electron chi connectivity index (χ4n) is 3.80. The first-order chi connectivity index (χ1) is 17.0. The number of aromatic hydroxyl groups is 1. The quantitative estimate of drug-likeness (QED) is 0.425. The van der Waals surface area contributed by atoms with Gasteiger partial charge in [0, 0.05) is 42.2 Å². The molecule has 1 aromatic carbocycles. The number of nitrogens with two attached hydrogens (primary N) is 1. The maximum absolute atomic E-state index is 10.2. The minimum absolute atomic E-state index is 0.138. The van der Waals surface area contributed by atoms with Gasteiger partial charge < -0.3 is 15.7 Å². The van der Waals surface area contributed by atoms with Crippen LogP contribution in [-0.2, 0) is 0 Å². The van der Waals surface area contributed by atoms with Crippen LogP contribution in [0.1, 0.15) is 11.9 Å². The van der Waals surface area contributed by atoms with E-state index in [1.807, 2.05) is 48.1 Å². The maximum Gasteiger partial charge on any atom is 0.206 e. The number of nitrogens with zero attached hydrogens (tertiary/aromatic N) is 8. The number of benzene rings is 1. The van der Waals surface area contributed by atoms with Gasteiger partial charge in [-0.3, -0.25) is 9.58 Å².